The van der Waals surface area contributed by atoms with Crippen LogP contribution in [-0.2, 0) is 6.42 Å². The molecular formula is C29H51N5. The zero-order chi connectivity index (χ0) is 25.4. The molecule has 0 aliphatic rings. The predicted octanol–water partition coefficient (Wildman–Crippen LogP) is 4.62. The molecule has 1 aromatic rings. The van der Waals surface area contributed by atoms with Crippen molar-refractivity contribution in [3.05, 3.63) is 72.6 Å². The van der Waals surface area contributed by atoms with Gasteiger partial charge in [-0.2, -0.15) is 0 Å². The van der Waals surface area contributed by atoms with Crippen molar-refractivity contribution in [2.45, 2.75) is 77.3 Å². The molecule has 0 amide bonds. The topological polar surface area (TPSA) is 88.1 Å². The fraction of sp³-hybridized carbons (Fsp3) is 0.586. The van der Waals surface area contributed by atoms with Crippen molar-refractivity contribution in [3.8, 4) is 0 Å². The van der Waals surface area contributed by atoms with E-state index in [9.17, 15) is 0 Å². The summed E-state index contributed by atoms with van der Waals surface area (Å²) in [5.74, 6) is 0.327. The van der Waals surface area contributed by atoms with Gasteiger partial charge >= 0.3 is 0 Å². The average Bonchev–Trinajstić information content (AvgIpc) is 2.81. The Kier molecular flexibility index (Phi) is 14.6. The van der Waals surface area contributed by atoms with Crippen molar-refractivity contribution in [2.75, 3.05) is 26.2 Å². The molecule has 0 aromatic heterocycles. The molecule has 0 aliphatic heterocycles. The van der Waals surface area contributed by atoms with Gasteiger partial charge < -0.3 is 27.4 Å². The number of allylic oxidation sites excluding steroid dienone is 1. The van der Waals surface area contributed by atoms with Crippen LogP contribution in [0.5, 0.6) is 0 Å². The molecule has 34 heavy (non-hydrogen) atoms. The summed E-state index contributed by atoms with van der Waals surface area (Å²) in [5, 5.41) is 11.0. The van der Waals surface area contributed by atoms with Crippen molar-refractivity contribution in [1.82, 2.24) is 16.0 Å². The molecule has 0 aliphatic carbocycles. The second kappa shape index (κ2) is 16.5. The van der Waals surface area contributed by atoms with Crippen LogP contribution in [0, 0.1) is 5.92 Å². The molecule has 5 heteroatoms. The molecule has 2 atom stereocenters. The lowest BCUT2D eigenvalue weighted by atomic mass is 9.87. The zero-order valence-corrected chi connectivity index (χ0v) is 22.1. The van der Waals surface area contributed by atoms with Gasteiger partial charge in [0.25, 0.3) is 0 Å². The fourth-order valence-electron chi connectivity index (χ4n) is 4.04. The fourth-order valence-corrected chi connectivity index (χ4v) is 4.04. The minimum absolute atomic E-state index is 0.149. The van der Waals surface area contributed by atoms with Gasteiger partial charge in [0.05, 0.1) is 0 Å². The van der Waals surface area contributed by atoms with Gasteiger partial charge in [0, 0.05) is 48.5 Å². The Morgan fingerprint density at radius 3 is 2.32 bits per heavy atom. The third-order valence-corrected chi connectivity index (χ3v) is 6.46. The van der Waals surface area contributed by atoms with Crippen LogP contribution in [0.4, 0.5) is 0 Å². The molecule has 1 aromatic carbocycles. The van der Waals surface area contributed by atoms with Crippen LogP contribution in [0.1, 0.15) is 64.9 Å². The molecule has 0 fully saturated rings. The number of nitrogens with two attached hydrogens (primary N) is 2. The Morgan fingerprint density at radius 2 is 1.71 bits per heavy atom. The van der Waals surface area contributed by atoms with E-state index < -0.39 is 0 Å². The molecule has 0 radical (unpaired) electrons. The number of hydrogen-bond acceptors (Lipinski definition) is 5. The van der Waals surface area contributed by atoms with Crippen molar-refractivity contribution in [2.24, 2.45) is 17.4 Å². The maximum atomic E-state index is 5.85. The first-order chi connectivity index (χ1) is 16.2. The predicted molar refractivity (Wildman–Crippen MR) is 150 cm³/mol. The molecule has 0 spiro atoms. The lowest BCUT2D eigenvalue weighted by Crippen LogP contribution is -2.58. The summed E-state index contributed by atoms with van der Waals surface area (Å²) < 4.78 is 0. The van der Waals surface area contributed by atoms with Crippen molar-refractivity contribution in [1.29, 1.82) is 0 Å². The third-order valence-electron chi connectivity index (χ3n) is 6.46. The van der Waals surface area contributed by atoms with E-state index in [1.807, 2.05) is 0 Å². The maximum Gasteiger partial charge on any atom is 0.0475 e. The lowest BCUT2D eigenvalue weighted by molar-refractivity contribution is 0.269. The van der Waals surface area contributed by atoms with E-state index in [2.05, 4.69) is 86.8 Å². The largest absolute Gasteiger partial charge is 0.389 e. The van der Waals surface area contributed by atoms with Gasteiger partial charge in [-0.05, 0) is 71.4 Å². The lowest BCUT2D eigenvalue weighted by Gasteiger charge is -2.38. The van der Waals surface area contributed by atoms with Crippen LogP contribution in [0.2, 0.25) is 0 Å². The summed E-state index contributed by atoms with van der Waals surface area (Å²) in [6.07, 6.45) is 7.59. The maximum absolute atomic E-state index is 5.85. The van der Waals surface area contributed by atoms with Crippen LogP contribution >= 0.6 is 0 Å². The van der Waals surface area contributed by atoms with Crippen LogP contribution in [-0.4, -0.2) is 37.8 Å². The number of rotatable bonds is 20. The molecule has 5 nitrogen and oxygen atoms in total. The monoisotopic (exact) mass is 469 g/mol. The molecule has 0 bridgehead atoms. The van der Waals surface area contributed by atoms with Gasteiger partial charge in [0.15, 0.2) is 0 Å². The Balaban J connectivity index is 2.72. The molecule has 0 saturated heterocycles. The number of nitrogens with one attached hydrogen (secondary N) is 3. The van der Waals surface area contributed by atoms with E-state index in [4.69, 9.17) is 11.5 Å². The highest BCUT2D eigenvalue weighted by Gasteiger charge is 2.30. The van der Waals surface area contributed by atoms with E-state index in [-0.39, 0.29) is 11.6 Å². The zero-order valence-electron chi connectivity index (χ0n) is 22.1. The molecule has 2 unspecified atom stereocenters. The number of hydrogen-bond donors (Lipinski definition) is 5. The standard InChI is InChI=1S/C29H51N5/c1-23(2)14-9-8-12-19-32-25(4)27(17-13-18-30)22-33-29(5,6)28(34-24(3)21-31)20-26-15-10-7-11-16-26/h7,10-11,15-16,27-28,32-34H,1,3-4,8-9,12-14,17-22,30-31H2,2,5-6H3. The Bertz CT molecular complexity index is 725. The van der Waals surface area contributed by atoms with Crippen LogP contribution in [0.25, 0.3) is 0 Å². The summed E-state index contributed by atoms with van der Waals surface area (Å²) in [5.41, 5.74) is 16.0. The average molecular weight is 470 g/mol. The van der Waals surface area contributed by atoms with E-state index in [1.54, 1.807) is 0 Å². The summed E-state index contributed by atoms with van der Waals surface area (Å²) >= 11 is 0. The smallest absolute Gasteiger partial charge is 0.0475 e. The van der Waals surface area contributed by atoms with Gasteiger partial charge in [-0.25, -0.2) is 0 Å². The summed E-state index contributed by atoms with van der Waals surface area (Å²) in [6, 6.07) is 10.7. The van der Waals surface area contributed by atoms with E-state index >= 15 is 0 Å². The van der Waals surface area contributed by atoms with E-state index in [1.165, 1.54) is 24.0 Å². The third kappa shape index (κ3) is 12.4. The minimum Gasteiger partial charge on any atom is -0.389 e. The Morgan fingerprint density at radius 1 is 1.00 bits per heavy atom. The highest BCUT2D eigenvalue weighted by molar-refractivity contribution is 5.18. The first kappa shape index (κ1) is 30.0. The molecule has 7 N–H and O–H groups in total. The molecule has 192 valence electrons. The quantitative estimate of drug-likeness (QED) is 0.142. The second-order valence-electron chi connectivity index (χ2n) is 10.1. The first-order valence-corrected chi connectivity index (χ1v) is 12.9. The van der Waals surface area contributed by atoms with Gasteiger partial charge in [0.1, 0.15) is 0 Å². The van der Waals surface area contributed by atoms with Gasteiger partial charge in [-0.15, -0.1) is 6.58 Å². The van der Waals surface area contributed by atoms with E-state index in [0.29, 0.717) is 19.0 Å². The highest BCUT2D eigenvalue weighted by atomic mass is 15.1. The highest BCUT2D eigenvalue weighted by Crippen LogP contribution is 2.19. The van der Waals surface area contributed by atoms with Crippen molar-refractivity contribution >= 4 is 0 Å². The SMILES string of the molecule is C=C(C)CCCCCNC(=C)C(CCCN)CNC(C)(C)C(Cc1ccccc1)NC(=C)CN. The number of benzene rings is 1. The molecular weight excluding hydrogens is 418 g/mol. The van der Waals surface area contributed by atoms with Crippen molar-refractivity contribution < 1.29 is 0 Å². The molecule has 1 rings (SSSR count). The Hall–Kier alpha value is -2.08. The summed E-state index contributed by atoms with van der Waals surface area (Å²) in [6.45, 7) is 22.0. The van der Waals surface area contributed by atoms with Crippen LogP contribution in [0.15, 0.2) is 67.0 Å². The second-order valence-corrected chi connectivity index (χ2v) is 10.1. The Labute approximate surface area is 209 Å². The van der Waals surface area contributed by atoms with E-state index in [0.717, 1.165) is 56.6 Å². The normalized spacial score (nSPS) is 13.2. The van der Waals surface area contributed by atoms with Gasteiger partial charge in [-0.1, -0.05) is 55.5 Å². The molecule has 0 saturated carbocycles. The molecule has 0 heterocycles. The number of unbranched alkanes of at least 4 members (excludes halogenated alkanes) is 2. The van der Waals surface area contributed by atoms with Gasteiger partial charge in [0.2, 0.25) is 0 Å². The first-order valence-electron chi connectivity index (χ1n) is 12.9. The summed E-state index contributed by atoms with van der Waals surface area (Å²) in [4.78, 5) is 0. The van der Waals surface area contributed by atoms with Crippen LogP contribution in [0.3, 0.4) is 0 Å². The van der Waals surface area contributed by atoms with Crippen molar-refractivity contribution in [3.63, 3.8) is 0 Å². The minimum atomic E-state index is -0.183. The van der Waals surface area contributed by atoms with Gasteiger partial charge in [-0.3, -0.25) is 0 Å². The van der Waals surface area contributed by atoms with Crippen LogP contribution < -0.4 is 27.4 Å². The summed E-state index contributed by atoms with van der Waals surface area (Å²) in [7, 11) is 0.